The fourth-order valence-corrected chi connectivity index (χ4v) is 3.54. The summed E-state index contributed by atoms with van der Waals surface area (Å²) in [5, 5.41) is 10.1. The Morgan fingerprint density at radius 1 is 1.31 bits per heavy atom. The van der Waals surface area contributed by atoms with E-state index < -0.39 is 0 Å². The van der Waals surface area contributed by atoms with Gasteiger partial charge < -0.3 is 5.11 Å². The van der Waals surface area contributed by atoms with Gasteiger partial charge in [-0.15, -0.1) is 11.3 Å². The van der Waals surface area contributed by atoms with Crippen LogP contribution < -0.4 is 0 Å². The van der Waals surface area contributed by atoms with Crippen molar-refractivity contribution in [3.8, 4) is 0 Å². The molecule has 1 nitrogen and oxygen atoms in total. The molecule has 0 aliphatic heterocycles. The minimum Gasteiger partial charge on any atom is -0.388 e. The molecule has 0 aromatic carbocycles. The first-order chi connectivity index (χ1) is 7.75. The Morgan fingerprint density at radius 3 is 2.69 bits per heavy atom. The monoisotopic (exact) mass is 238 g/mol. The summed E-state index contributed by atoms with van der Waals surface area (Å²) in [5.41, 5.74) is 0. The standard InChI is InChI=1S/C14H22OS/c1-11-7-10-14(16-11)13(15)9-8-12-5-3-2-4-6-12/h7,10,12-13,15H,2-6,8-9H2,1H3. The van der Waals surface area contributed by atoms with E-state index in [1.807, 2.05) is 0 Å². The minimum absolute atomic E-state index is 0.222. The van der Waals surface area contributed by atoms with Crippen LogP contribution in [0.15, 0.2) is 12.1 Å². The zero-order chi connectivity index (χ0) is 11.4. The van der Waals surface area contributed by atoms with Crippen LogP contribution in [0.3, 0.4) is 0 Å². The van der Waals surface area contributed by atoms with E-state index in [-0.39, 0.29) is 6.10 Å². The molecule has 0 saturated heterocycles. The predicted molar refractivity (Wildman–Crippen MR) is 69.8 cm³/mol. The SMILES string of the molecule is Cc1ccc(C(O)CCC2CCCCC2)s1. The van der Waals surface area contributed by atoms with Crippen molar-refractivity contribution in [2.75, 3.05) is 0 Å². The summed E-state index contributed by atoms with van der Waals surface area (Å²) < 4.78 is 0. The van der Waals surface area contributed by atoms with Gasteiger partial charge in [0.1, 0.15) is 0 Å². The number of hydrogen-bond acceptors (Lipinski definition) is 2. The van der Waals surface area contributed by atoms with Crippen molar-refractivity contribution in [3.63, 3.8) is 0 Å². The number of thiophene rings is 1. The zero-order valence-electron chi connectivity index (χ0n) is 10.1. The predicted octanol–water partition coefficient (Wildman–Crippen LogP) is 4.45. The molecule has 0 amide bonds. The Hall–Kier alpha value is -0.340. The fraction of sp³-hybridized carbons (Fsp3) is 0.714. The Balaban J connectivity index is 1.76. The van der Waals surface area contributed by atoms with Crippen LogP contribution in [0.1, 0.15) is 60.8 Å². The van der Waals surface area contributed by atoms with Gasteiger partial charge in [-0.1, -0.05) is 32.1 Å². The molecule has 1 aromatic heterocycles. The Labute approximate surface area is 103 Å². The summed E-state index contributed by atoms with van der Waals surface area (Å²) in [7, 11) is 0. The van der Waals surface area contributed by atoms with Crippen molar-refractivity contribution in [1.82, 2.24) is 0 Å². The highest BCUT2D eigenvalue weighted by molar-refractivity contribution is 7.11. The smallest absolute Gasteiger partial charge is 0.0882 e. The van der Waals surface area contributed by atoms with Crippen molar-refractivity contribution in [2.45, 2.75) is 58.0 Å². The van der Waals surface area contributed by atoms with E-state index in [0.29, 0.717) is 0 Å². The summed E-state index contributed by atoms with van der Waals surface area (Å²) in [6, 6.07) is 4.18. The Kier molecular flexibility index (Phi) is 4.42. The first kappa shape index (κ1) is 12.1. The van der Waals surface area contributed by atoms with Crippen molar-refractivity contribution in [2.24, 2.45) is 5.92 Å². The van der Waals surface area contributed by atoms with Crippen LogP contribution in [0.2, 0.25) is 0 Å². The molecule has 1 aromatic rings. The van der Waals surface area contributed by atoms with E-state index in [1.165, 1.54) is 43.4 Å². The largest absolute Gasteiger partial charge is 0.388 e. The number of rotatable bonds is 4. The lowest BCUT2D eigenvalue weighted by atomic mass is 9.85. The second kappa shape index (κ2) is 5.83. The van der Waals surface area contributed by atoms with Crippen molar-refractivity contribution < 1.29 is 5.11 Å². The third-order valence-corrected chi connectivity index (χ3v) is 4.76. The van der Waals surface area contributed by atoms with Crippen molar-refractivity contribution >= 4 is 11.3 Å². The van der Waals surface area contributed by atoms with Crippen molar-refractivity contribution in [1.29, 1.82) is 0 Å². The van der Waals surface area contributed by atoms with Gasteiger partial charge in [0.25, 0.3) is 0 Å². The molecule has 1 fully saturated rings. The van der Waals surface area contributed by atoms with Gasteiger partial charge in [0.05, 0.1) is 6.10 Å². The van der Waals surface area contributed by atoms with Crippen LogP contribution in [-0.4, -0.2) is 5.11 Å². The molecule has 1 unspecified atom stereocenters. The molecule has 1 heterocycles. The first-order valence-corrected chi connectivity index (χ1v) is 7.32. The molecule has 1 saturated carbocycles. The third kappa shape index (κ3) is 3.33. The summed E-state index contributed by atoms with van der Waals surface area (Å²) in [5.74, 6) is 0.879. The van der Waals surface area contributed by atoms with E-state index >= 15 is 0 Å². The van der Waals surface area contributed by atoms with E-state index in [0.717, 1.165) is 17.2 Å². The van der Waals surface area contributed by atoms with Gasteiger partial charge in [-0.2, -0.15) is 0 Å². The molecule has 1 aliphatic carbocycles. The van der Waals surface area contributed by atoms with Gasteiger partial charge in [0, 0.05) is 9.75 Å². The van der Waals surface area contributed by atoms with Gasteiger partial charge in [-0.05, 0) is 37.8 Å². The highest BCUT2D eigenvalue weighted by Gasteiger charge is 2.16. The number of aliphatic hydroxyl groups excluding tert-OH is 1. The third-order valence-electron chi connectivity index (χ3n) is 3.66. The normalized spacial score (nSPS) is 19.9. The van der Waals surface area contributed by atoms with Crippen molar-refractivity contribution in [3.05, 3.63) is 21.9 Å². The molecular weight excluding hydrogens is 216 g/mol. The average Bonchev–Trinajstić information content (AvgIpc) is 2.74. The topological polar surface area (TPSA) is 20.2 Å². The molecule has 0 spiro atoms. The molecule has 2 rings (SSSR count). The Morgan fingerprint density at radius 2 is 2.06 bits per heavy atom. The molecule has 16 heavy (non-hydrogen) atoms. The Bertz CT molecular complexity index is 312. The molecule has 1 N–H and O–H groups in total. The summed E-state index contributed by atoms with van der Waals surface area (Å²) in [6.07, 6.45) is 8.93. The maximum Gasteiger partial charge on any atom is 0.0882 e. The molecule has 2 heteroatoms. The number of aryl methyl sites for hydroxylation is 1. The summed E-state index contributed by atoms with van der Waals surface area (Å²) in [6.45, 7) is 2.10. The van der Waals surface area contributed by atoms with Crippen LogP contribution in [0, 0.1) is 12.8 Å². The zero-order valence-corrected chi connectivity index (χ0v) is 10.9. The lowest BCUT2D eigenvalue weighted by molar-refractivity contribution is 0.154. The molecule has 1 aliphatic rings. The quantitative estimate of drug-likeness (QED) is 0.821. The molecule has 0 radical (unpaired) electrons. The minimum atomic E-state index is -0.222. The molecular formula is C14H22OS. The maximum absolute atomic E-state index is 10.1. The molecule has 90 valence electrons. The molecule has 0 bridgehead atoms. The maximum atomic E-state index is 10.1. The van der Waals surface area contributed by atoms with Gasteiger partial charge in [0.2, 0.25) is 0 Å². The van der Waals surface area contributed by atoms with Crippen LogP contribution >= 0.6 is 11.3 Å². The number of aliphatic hydroxyl groups is 1. The van der Waals surface area contributed by atoms with Crippen LogP contribution in [0.4, 0.5) is 0 Å². The molecule has 1 atom stereocenters. The van der Waals surface area contributed by atoms with Crippen LogP contribution in [0.25, 0.3) is 0 Å². The van der Waals surface area contributed by atoms with Gasteiger partial charge >= 0.3 is 0 Å². The van der Waals surface area contributed by atoms with E-state index in [2.05, 4.69) is 19.1 Å². The highest BCUT2D eigenvalue weighted by atomic mass is 32.1. The lowest BCUT2D eigenvalue weighted by Gasteiger charge is -2.22. The van der Waals surface area contributed by atoms with Crippen LogP contribution in [0.5, 0.6) is 0 Å². The van der Waals surface area contributed by atoms with E-state index in [4.69, 9.17) is 0 Å². The average molecular weight is 238 g/mol. The first-order valence-electron chi connectivity index (χ1n) is 6.50. The summed E-state index contributed by atoms with van der Waals surface area (Å²) in [4.78, 5) is 2.44. The van der Waals surface area contributed by atoms with E-state index in [9.17, 15) is 5.11 Å². The highest BCUT2D eigenvalue weighted by Crippen LogP contribution is 2.32. The number of hydrogen-bond donors (Lipinski definition) is 1. The fourth-order valence-electron chi connectivity index (χ4n) is 2.64. The van der Waals surface area contributed by atoms with Gasteiger partial charge in [0.15, 0.2) is 0 Å². The van der Waals surface area contributed by atoms with Gasteiger partial charge in [-0.25, -0.2) is 0 Å². The van der Waals surface area contributed by atoms with E-state index in [1.54, 1.807) is 11.3 Å². The summed E-state index contributed by atoms with van der Waals surface area (Å²) >= 11 is 1.73. The van der Waals surface area contributed by atoms with Crippen LogP contribution in [-0.2, 0) is 0 Å². The lowest BCUT2D eigenvalue weighted by Crippen LogP contribution is -2.08. The second-order valence-corrected chi connectivity index (χ2v) is 6.37. The second-order valence-electron chi connectivity index (χ2n) is 5.05. The van der Waals surface area contributed by atoms with Gasteiger partial charge in [-0.3, -0.25) is 0 Å².